The van der Waals surface area contributed by atoms with Crippen LogP contribution in [-0.2, 0) is 9.53 Å². The molecule has 0 heterocycles. The number of aliphatic hydroxyl groups excluding tert-OH is 1. The minimum atomic E-state index is -1.21. The van der Waals surface area contributed by atoms with E-state index in [1.807, 2.05) is 0 Å². The van der Waals surface area contributed by atoms with Crippen LogP contribution in [0.1, 0.15) is 20.3 Å². The number of hydrogen-bond donors (Lipinski definition) is 2. The molecule has 0 aromatic carbocycles. The Balaban J connectivity index is 3.56. The first-order valence-corrected chi connectivity index (χ1v) is 2.95. The first-order chi connectivity index (χ1) is 4.45. The van der Waals surface area contributed by atoms with Gasteiger partial charge in [-0.05, 0) is 13.8 Å². The van der Waals surface area contributed by atoms with Crippen molar-refractivity contribution in [3.8, 4) is 0 Å². The molecule has 60 valence electrons. The molecule has 0 aromatic rings. The first kappa shape index (κ1) is 9.39. The molecule has 0 aliphatic carbocycles. The molecule has 0 spiro atoms. The molecule has 0 fully saturated rings. The lowest BCUT2D eigenvalue weighted by Gasteiger charge is -2.19. The van der Waals surface area contributed by atoms with E-state index in [1.165, 1.54) is 13.8 Å². The van der Waals surface area contributed by atoms with Gasteiger partial charge >= 0.3 is 0 Å². The second-order valence-electron chi connectivity index (χ2n) is 2.70. The Morgan fingerprint density at radius 2 is 2.20 bits per heavy atom. The zero-order chi connectivity index (χ0) is 8.20. The van der Waals surface area contributed by atoms with Crippen LogP contribution in [0.15, 0.2) is 0 Å². The van der Waals surface area contributed by atoms with Gasteiger partial charge in [0, 0.05) is 6.42 Å². The molecular weight excluding hydrogens is 136 g/mol. The summed E-state index contributed by atoms with van der Waals surface area (Å²) in [7, 11) is 0. The second-order valence-corrected chi connectivity index (χ2v) is 2.70. The number of ether oxygens (including phenoxy) is 1. The number of aliphatic hydroxyl groups is 2. The van der Waals surface area contributed by atoms with Crippen LogP contribution in [0.5, 0.6) is 0 Å². The Hall–Kier alpha value is -0.610. The topological polar surface area (TPSA) is 66.8 Å². The fraction of sp³-hybridized carbons (Fsp3) is 0.833. The highest BCUT2D eigenvalue weighted by molar-refractivity contribution is 5.37. The molecular formula is C6H12O4. The van der Waals surface area contributed by atoms with E-state index in [-0.39, 0.29) is 12.9 Å². The maximum Gasteiger partial charge on any atom is 0.295 e. The minimum absolute atomic E-state index is 0.0196. The molecule has 0 saturated heterocycles. The number of hydrogen-bond acceptors (Lipinski definition) is 4. The van der Waals surface area contributed by atoms with Crippen molar-refractivity contribution in [2.45, 2.75) is 32.2 Å². The predicted molar refractivity (Wildman–Crippen MR) is 34.1 cm³/mol. The van der Waals surface area contributed by atoms with Gasteiger partial charge in [-0.2, -0.15) is 0 Å². The van der Waals surface area contributed by atoms with Gasteiger partial charge in [0.25, 0.3) is 6.47 Å². The summed E-state index contributed by atoms with van der Waals surface area (Å²) in [6.45, 7) is 3.19. The molecule has 10 heavy (non-hydrogen) atoms. The van der Waals surface area contributed by atoms with E-state index in [0.29, 0.717) is 0 Å². The fourth-order valence-corrected chi connectivity index (χ4v) is 0.540. The normalized spacial score (nSPS) is 14.4. The molecule has 1 atom stereocenters. The summed E-state index contributed by atoms with van der Waals surface area (Å²) in [4.78, 5) is 9.64. The lowest BCUT2D eigenvalue weighted by molar-refractivity contribution is -0.160. The first-order valence-electron chi connectivity index (χ1n) is 2.95. The molecule has 0 aromatic heterocycles. The lowest BCUT2D eigenvalue weighted by Crippen LogP contribution is -2.27. The van der Waals surface area contributed by atoms with Crippen LogP contribution in [0.4, 0.5) is 0 Å². The molecule has 2 N–H and O–H groups in total. The molecule has 1 unspecified atom stereocenters. The molecule has 0 aliphatic rings. The predicted octanol–water partition coefficient (Wildman–Crippen LogP) is -0.361. The van der Waals surface area contributed by atoms with Crippen LogP contribution in [0.25, 0.3) is 0 Å². The fourth-order valence-electron chi connectivity index (χ4n) is 0.540. The van der Waals surface area contributed by atoms with Crippen LogP contribution in [-0.4, -0.2) is 28.6 Å². The quantitative estimate of drug-likeness (QED) is 0.422. The van der Waals surface area contributed by atoms with E-state index in [9.17, 15) is 4.79 Å². The van der Waals surface area contributed by atoms with Crippen molar-refractivity contribution in [1.29, 1.82) is 0 Å². The molecule has 0 aliphatic heterocycles. The van der Waals surface area contributed by atoms with Gasteiger partial charge in [0.05, 0.1) is 5.60 Å². The van der Waals surface area contributed by atoms with Crippen LogP contribution in [0, 0.1) is 0 Å². The van der Waals surface area contributed by atoms with E-state index >= 15 is 0 Å². The average Bonchev–Trinajstić information content (AvgIpc) is 1.59. The SMILES string of the molecule is CC(C)(O)CC(O)OC=O. The van der Waals surface area contributed by atoms with Crippen molar-refractivity contribution in [3.05, 3.63) is 0 Å². The molecule has 4 nitrogen and oxygen atoms in total. The summed E-state index contributed by atoms with van der Waals surface area (Å²) >= 11 is 0. The van der Waals surface area contributed by atoms with Crippen LogP contribution in [0.2, 0.25) is 0 Å². The molecule has 0 rings (SSSR count). The molecule has 0 saturated carbocycles. The Labute approximate surface area is 59.4 Å². The highest BCUT2D eigenvalue weighted by atomic mass is 16.6. The highest BCUT2D eigenvalue weighted by Crippen LogP contribution is 2.10. The third-order valence-electron chi connectivity index (χ3n) is 0.887. The summed E-state index contributed by atoms with van der Waals surface area (Å²) in [5, 5.41) is 17.8. The van der Waals surface area contributed by atoms with Crippen molar-refractivity contribution in [2.24, 2.45) is 0 Å². The van der Waals surface area contributed by atoms with E-state index in [0.717, 1.165) is 0 Å². The molecule has 0 radical (unpaired) electrons. The smallest absolute Gasteiger partial charge is 0.295 e. The van der Waals surface area contributed by atoms with Crippen molar-refractivity contribution in [2.75, 3.05) is 0 Å². The van der Waals surface area contributed by atoms with Crippen molar-refractivity contribution in [3.63, 3.8) is 0 Å². The Bertz CT molecular complexity index is 105. The summed E-state index contributed by atoms with van der Waals surface area (Å²) in [6, 6.07) is 0. The summed E-state index contributed by atoms with van der Waals surface area (Å²) < 4.78 is 4.13. The minimum Gasteiger partial charge on any atom is -0.438 e. The van der Waals surface area contributed by atoms with Crippen molar-refractivity contribution in [1.82, 2.24) is 0 Å². The van der Waals surface area contributed by atoms with Crippen LogP contribution >= 0.6 is 0 Å². The van der Waals surface area contributed by atoms with Gasteiger partial charge in [0.15, 0.2) is 0 Å². The average molecular weight is 148 g/mol. The Kier molecular flexibility index (Phi) is 3.32. The van der Waals surface area contributed by atoms with E-state index in [4.69, 9.17) is 10.2 Å². The van der Waals surface area contributed by atoms with Gasteiger partial charge < -0.3 is 14.9 Å². The Morgan fingerprint density at radius 1 is 1.70 bits per heavy atom. The summed E-state index contributed by atoms with van der Waals surface area (Å²) in [5.74, 6) is 0. The third kappa shape index (κ3) is 5.53. The molecule has 0 bridgehead atoms. The monoisotopic (exact) mass is 148 g/mol. The summed E-state index contributed by atoms with van der Waals surface area (Å²) in [6.07, 6.45) is -1.19. The van der Waals surface area contributed by atoms with Gasteiger partial charge in [-0.15, -0.1) is 0 Å². The van der Waals surface area contributed by atoms with Crippen LogP contribution in [0.3, 0.4) is 0 Å². The zero-order valence-electron chi connectivity index (χ0n) is 6.07. The third-order valence-corrected chi connectivity index (χ3v) is 0.887. The van der Waals surface area contributed by atoms with E-state index in [1.54, 1.807) is 0 Å². The maximum absolute atomic E-state index is 9.64. The van der Waals surface area contributed by atoms with E-state index in [2.05, 4.69) is 4.74 Å². The van der Waals surface area contributed by atoms with Gasteiger partial charge in [-0.1, -0.05) is 0 Å². The maximum atomic E-state index is 9.64. The van der Waals surface area contributed by atoms with Gasteiger partial charge in [-0.3, -0.25) is 4.79 Å². The Morgan fingerprint density at radius 3 is 2.50 bits per heavy atom. The van der Waals surface area contributed by atoms with E-state index < -0.39 is 11.9 Å². The van der Waals surface area contributed by atoms with Crippen LogP contribution < -0.4 is 0 Å². The number of carbonyl (C=O) groups is 1. The molecule has 4 heteroatoms. The van der Waals surface area contributed by atoms with Crippen molar-refractivity contribution < 1.29 is 19.7 Å². The highest BCUT2D eigenvalue weighted by Gasteiger charge is 2.18. The molecule has 0 amide bonds. The second kappa shape index (κ2) is 3.53. The van der Waals surface area contributed by atoms with Gasteiger partial charge in [-0.25, -0.2) is 0 Å². The lowest BCUT2D eigenvalue weighted by atomic mass is 10.1. The largest absolute Gasteiger partial charge is 0.438 e. The van der Waals surface area contributed by atoms with Crippen molar-refractivity contribution >= 4 is 6.47 Å². The number of carbonyl (C=O) groups excluding carboxylic acids is 1. The number of rotatable bonds is 4. The summed E-state index contributed by atoms with van der Waals surface area (Å²) in [5.41, 5.74) is -1.01. The van der Waals surface area contributed by atoms with Gasteiger partial charge in [0.1, 0.15) is 0 Å². The van der Waals surface area contributed by atoms with Gasteiger partial charge in [0.2, 0.25) is 6.29 Å². The zero-order valence-corrected chi connectivity index (χ0v) is 6.07. The standard InChI is InChI=1S/C6H12O4/c1-6(2,9)3-5(8)10-4-7/h4-5,8-9H,3H2,1-2H3.